The van der Waals surface area contributed by atoms with Crippen LogP contribution in [-0.2, 0) is 32.9 Å². The van der Waals surface area contributed by atoms with Crippen LogP contribution in [-0.4, -0.2) is 84.0 Å². The van der Waals surface area contributed by atoms with Crippen molar-refractivity contribution in [3.63, 3.8) is 0 Å². The quantitative estimate of drug-likeness (QED) is 0.0220. The number of H-pyrrole nitrogens is 1. The number of carbonyl (C=O) groups is 2. The Morgan fingerprint density at radius 1 is 1.10 bits per heavy atom. The molecule has 0 aliphatic rings. The first-order valence-electron chi connectivity index (χ1n) is 16.9. The number of rotatable bonds is 20. The number of hydrogen-bond donors (Lipinski definition) is 5. The molecule has 0 fully saturated rings. The van der Waals surface area contributed by atoms with E-state index in [2.05, 4.69) is 35.8 Å². The van der Waals surface area contributed by atoms with Gasteiger partial charge in [-0.2, -0.15) is 5.21 Å². The summed E-state index contributed by atoms with van der Waals surface area (Å²) in [7, 11) is 0. The predicted octanol–water partition coefficient (Wildman–Crippen LogP) is 2.64. The standard InChI is InChI=1S/C34H45N11O7/c1-4-10-27-39-29(34(2,3)48)28(31(46)38-26(13-9-18-37-33(35)36)32(47)51-19-7-8-20-52-45(49)50)44(27)21-22-14-16-23(17-15-22)24-11-5-6-12-25(24)30-40-42-43-41-30/h5-6,11-12,14-17,26,48H,4,7-10,13,18-21H2,1-3H3,(H,38,46)(H4,35,36,37)(H,40,41,42,43). The number of aromatic nitrogens is 6. The normalized spacial score (nSPS) is 11.8. The van der Waals surface area contributed by atoms with Crippen LogP contribution in [0.3, 0.4) is 0 Å². The van der Waals surface area contributed by atoms with Gasteiger partial charge in [-0.1, -0.05) is 55.5 Å². The Morgan fingerprint density at radius 3 is 2.44 bits per heavy atom. The molecule has 0 saturated carbocycles. The van der Waals surface area contributed by atoms with Crippen molar-refractivity contribution in [3.05, 3.63) is 81.4 Å². The van der Waals surface area contributed by atoms with E-state index < -0.39 is 28.6 Å². The number of carbonyl (C=O) groups excluding carboxylic acids is 2. The van der Waals surface area contributed by atoms with Crippen LogP contribution in [0.1, 0.15) is 80.4 Å². The molecule has 18 nitrogen and oxygen atoms in total. The van der Waals surface area contributed by atoms with E-state index in [-0.39, 0.29) is 56.5 Å². The van der Waals surface area contributed by atoms with Crippen molar-refractivity contribution in [2.24, 2.45) is 16.5 Å². The zero-order chi connectivity index (χ0) is 37.7. The number of aryl methyl sites for hydroxylation is 1. The molecule has 1 atom stereocenters. The van der Waals surface area contributed by atoms with Gasteiger partial charge < -0.3 is 36.0 Å². The molecule has 0 aliphatic heterocycles. The lowest BCUT2D eigenvalue weighted by Gasteiger charge is -2.21. The summed E-state index contributed by atoms with van der Waals surface area (Å²) in [6, 6.07) is 14.4. The summed E-state index contributed by atoms with van der Waals surface area (Å²) in [5, 5.41) is 37.9. The van der Waals surface area contributed by atoms with E-state index in [0.717, 1.165) is 28.7 Å². The number of benzene rings is 2. The van der Waals surface area contributed by atoms with Crippen LogP contribution in [0.4, 0.5) is 0 Å². The summed E-state index contributed by atoms with van der Waals surface area (Å²) in [5.74, 6) is -0.361. The number of tetrazole rings is 1. The van der Waals surface area contributed by atoms with Crippen molar-refractivity contribution in [1.82, 2.24) is 35.5 Å². The zero-order valence-electron chi connectivity index (χ0n) is 29.4. The maximum atomic E-state index is 14.2. The fourth-order valence-electron chi connectivity index (χ4n) is 5.51. The summed E-state index contributed by atoms with van der Waals surface area (Å²) in [4.78, 5) is 50.8. The molecule has 18 heteroatoms. The number of imidazole rings is 1. The van der Waals surface area contributed by atoms with Crippen LogP contribution in [0.2, 0.25) is 0 Å². The number of nitrogens with one attached hydrogen (secondary N) is 2. The van der Waals surface area contributed by atoms with Crippen LogP contribution in [0.25, 0.3) is 22.5 Å². The van der Waals surface area contributed by atoms with Gasteiger partial charge >= 0.3 is 5.97 Å². The molecule has 2 aromatic carbocycles. The van der Waals surface area contributed by atoms with E-state index in [9.17, 15) is 24.8 Å². The van der Waals surface area contributed by atoms with E-state index in [1.54, 1.807) is 18.4 Å². The topological polar surface area (TPSA) is 265 Å². The SMILES string of the molecule is CCCc1nc(C(C)(C)O)c(C(=O)NC(CCCN=C(N)N)C(=O)OCCCCO[N+](=O)[O-])n1Cc1ccc(-c2ccccc2-c2nn[nH]n2)cc1. The van der Waals surface area contributed by atoms with Gasteiger partial charge in [-0.15, -0.1) is 20.3 Å². The molecular weight excluding hydrogens is 674 g/mol. The number of hydrogen-bond acceptors (Lipinski definition) is 12. The van der Waals surface area contributed by atoms with Gasteiger partial charge in [0.1, 0.15) is 28.9 Å². The Morgan fingerprint density at radius 2 is 1.81 bits per heavy atom. The third-order valence-corrected chi connectivity index (χ3v) is 7.95. The molecule has 278 valence electrons. The average molecular weight is 720 g/mol. The summed E-state index contributed by atoms with van der Waals surface area (Å²) < 4.78 is 7.19. The van der Waals surface area contributed by atoms with E-state index in [1.807, 2.05) is 55.5 Å². The van der Waals surface area contributed by atoms with Gasteiger partial charge in [0.05, 0.1) is 13.2 Å². The monoisotopic (exact) mass is 719 g/mol. The second-order valence-electron chi connectivity index (χ2n) is 12.5. The third-order valence-electron chi connectivity index (χ3n) is 7.95. The average Bonchev–Trinajstić information content (AvgIpc) is 3.77. The highest BCUT2D eigenvalue weighted by molar-refractivity contribution is 5.97. The molecule has 0 spiro atoms. The summed E-state index contributed by atoms with van der Waals surface area (Å²) in [6.07, 6.45) is 2.34. The maximum Gasteiger partial charge on any atom is 0.328 e. The van der Waals surface area contributed by atoms with Crippen molar-refractivity contribution >= 4 is 17.8 Å². The summed E-state index contributed by atoms with van der Waals surface area (Å²) >= 11 is 0. The molecule has 2 aromatic heterocycles. The van der Waals surface area contributed by atoms with Gasteiger partial charge in [-0.05, 0) is 67.9 Å². The van der Waals surface area contributed by atoms with Crippen LogP contribution in [0.15, 0.2) is 53.5 Å². The van der Waals surface area contributed by atoms with Gasteiger partial charge in [-0.3, -0.25) is 9.79 Å². The number of aliphatic imine (C=N–C) groups is 1. The van der Waals surface area contributed by atoms with E-state index in [0.29, 0.717) is 30.9 Å². The van der Waals surface area contributed by atoms with Crippen molar-refractivity contribution in [2.45, 2.75) is 77.5 Å². The summed E-state index contributed by atoms with van der Waals surface area (Å²) in [6.45, 7) is 5.37. The van der Waals surface area contributed by atoms with Crippen molar-refractivity contribution in [2.75, 3.05) is 19.8 Å². The molecule has 1 amide bonds. The Balaban J connectivity index is 1.61. The Hall–Kier alpha value is -5.91. The highest BCUT2D eigenvalue weighted by Crippen LogP contribution is 2.31. The second-order valence-corrected chi connectivity index (χ2v) is 12.5. The Kier molecular flexibility index (Phi) is 13.7. The molecule has 4 rings (SSSR count). The Labute approximate surface area is 300 Å². The van der Waals surface area contributed by atoms with Gasteiger partial charge in [0, 0.05) is 25.1 Å². The number of nitrogens with zero attached hydrogens (tertiary/aromatic N) is 7. The van der Waals surface area contributed by atoms with Crippen molar-refractivity contribution < 1.29 is 29.4 Å². The third kappa shape index (κ3) is 10.8. The number of aliphatic hydroxyl groups is 1. The minimum atomic E-state index is -1.50. The van der Waals surface area contributed by atoms with Gasteiger partial charge in [-0.25, -0.2) is 9.78 Å². The van der Waals surface area contributed by atoms with Gasteiger partial charge in [0.25, 0.3) is 11.0 Å². The predicted molar refractivity (Wildman–Crippen MR) is 190 cm³/mol. The van der Waals surface area contributed by atoms with Crippen LogP contribution in [0, 0.1) is 10.1 Å². The molecule has 4 aromatic rings. The number of unbranched alkanes of at least 4 members (excludes halogenated alkanes) is 1. The van der Waals surface area contributed by atoms with Gasteiger partial charge in [0.15, 0.2) is 5.96 Å². The Bertz CT molecular complexity index is 1810. The highest BCUT2D eigenvalue weighted by atomic mass is 16.9. The fourth-order valence-corrected chi connectivity index (χ4v) is 5.51. The molecule has 7 N–H and O–H groups in total. The molecule has 2 heterocycles. The maximum absolute atomic E-state index is 14.2. The van der Waals surface area contributed by atoms with Crippen LogP contribution >= 0.6 is 0 Å². The number of guanidine groups is 1. The summed E-state index contributed by atoms with van der Waals surface area (Å²) in [5.41, 5.74) is 13.2. The number of ether oxygens (including phenoxy) is 1. The molecule has 52 heavy (non-hydrogen) atoms. The molecule has 0 saturated heterocycles. The lowest BCUT2D eigenvalue weighted by Crippen LogP contribution is -2.43. The number of nitrogens with two attached hydrogens (primary N) is 2. The van der Waals surface area contributed by atoms with E-state index >= 15 is 0 Å². The number of esters is 1. The van der Waals surface area contributed by atoms with E-state index in [1.165, 1.54) is 0 Å². The number of aromatic amines is 1. The lowest BCUT2D eigenvalue weighted by molar-refractivity contribution is -0.757. The highest BCUT2D eigenvalue weighted by Gasteiger charge is 2.33. The fraction of sp³-hybridized carbons (Fsp3) is 0.441. The number of amides is 1. The molecular formula is C34H45N11O7. The molecule has 1 unspecified atom stereocenters. The molecule has 0 aliphatic carbocycles. The van der Waals surface area contributed by atoms with Crippen LogP contribution < -0.4 is 16.8 Å². The first-order chi connectivity index (χ1) is 24.9. The van der Waals surface area contributed by atoms with Crippen molar-refractivity contribution in [1.29, 1.82) is 0 Å². The van der Waals surface area contributed by atoms with Gasteiger partial charge in [0.2, 0.25) is 5.82 Å². The smallest absolute Gasteiger partial charge is 0.328 e. The zero-order valence-corrected chi connectivity index (χ0v) is 29.4. The lowest BCUT2D eigenvalue weighted by atomic mass is 9.98. The minimum absolute atomic E-state index is 0.0384. The van der Waals surface area contributed by atoms with E-state index in [4.69, 9.17) is 21.2 Å². The molecule has 0 radical (unpaired) electrons. The first kappa shape index (κ1) is 38.9. The molecule has 0 bridgehead atoms. The first-order valence-corrected chi connectivity index (χ1v) is 16.9. The minimum Gasteiger partial charge on any atom is -0.464 e. The second kappa shape index (κ2) is 18.4. The van der Waals surface area contributed by atoms with Crippen molar-refractivity contribution in [3.8, 4) is 22.5 Å². The largest absolute Gasteiger partial charge is 0.464 e. The van der Waals surface area contributed by atoms with Crippen LogP contribution in [0.5, 0.6) is 0 Å².